The Bertz CT molecular complexity index is 386. The van der Waals surface area contributed by atoms with Gasteiger partial charge in [0.2, 0.25) is 5.76 Å². The van der Waals surface area contributed by atoms with E-state index in [9.17, 15) is 4.79 Å². The van der Waals surface area contributed by atoms with E-state index < -0.39 is 0 Å². The maximum atomic E-state index is 12.3. The first-order valence-electron chi connectivity index (χ1n) is 6.01. The number of carbonyl (C=O) groups excluding carboxylic acids is 1. The first-order chi connectivity index (χ1) is 8.24. The summed E-state index contributed by atoms with van der Waals surface area (Å²) >= 11 is 5.78. The highest BCUT2D eigenvalue weighted by atomic mass is 35.5. The fourth-order valence-corrected chi connectivity index (χ4v) is 2.58. The predicted octanol–water partition coefficient (Wildman–Crippen LogP) is 2.61. The predicted molar refractivity (Wildman–Crippen MR) is 65.3 cm³/mol. The van der Waals surface area contributed by atoms with Crippen LogP contribution in [0.25, 0.3) is 0 Å². The van der Waals surface area contributed by atoms with Gasteiger partial charge in [0, 0.05) is 18.5 Å². The lowest BCUT2D eigenvalue weighted by Gasteiger charge is -2.27. The lowest BCUT2D eigenvalue weighted by atomic mass is 10.2. The molecule has 0 N–H and O–H groups in total. The van der Waals surface area contributed by atoms with Crippen LogP contribution in [0.4, 0.5) is 0 Å². The Morgan fingerprint density at radius 2 is 2.29 bits per heavy atom. The van der Waals surface area contributed by atoms with Gasteiger partial charge in [0.1, 0.15) is 0 Å². The maximum Gasteiger partial charge on any atom is 0.291 e. The second-order valence-corrected chi connectivity index (χ2v) is 4.77. The van der Waals surface area contributed by atoms with Crippen molar-refractivity contribution in [3.63, 3.8) is 0 Å². The molecular formula is C12H17ClN2O2. The average Bonchev–Trinajstić information content (AvgIpc) is 2.95. The zero-order valence-corrected chi connectivity index (χ0v) is 10.7. The van der Waals surface area contributed by atoms with Crippen LogP contribution in [0, 0.1) is 6.92 Å². The molecule has 0 aromatic carbocycles. The standard InChI is InChI=1S/C12H17ClN2O2/c1-9-11(17-8-14-9)12(16)15(7-6-13)10-4-2-3-5-10/h8,10H,2-7H2,1H3. The Morgan fingerprint density at radius 1 is 1.59 bits per heavy atom. The quantitative estimate of drug-likeness (QED) is 0.778. The molecule has 0 aliphatic heterocycles. The molecule has 1 aliphatic rings. The van der Waals surface area contributed by atoms with Crippen molar-refractivity contribution in [2.24, 2.45) is 0 Å². The Balaban J connectivity index is 2.15. The number of carbonyl (C=O) groups is 1. The lowest BCUT2D eigenvalue weighted by molar-refractivity contribution is 0.0661. The number of alkyl halides is 1. The smallest absolute Gasteiger partial charge is 0.291 e. The third kappa shape index (κ3) is 2.63. The van der Waals surface area contributed by atoms with Gasteiger partial charge in [-0.05, 0) is 19.8 Å². The van der Waals surface area contributed by atoms with Crippen molar-refractivity contribution in [2.45, 2.75) is 38.6 Å². The molecule has 1 heterocycles. The van der Waals surface area contributed by atoms with Crippen LogP contribution in [0.2, 0.25) is 0 Å². The van der Waals surface area contributed by atoms with Gasteiger partial charge in [-0.15, -0.1) is 11.6 Å². The molecule has 0 radical (unpaired) electrons. The van der Waals surface area contributed by atoms with Crippen molar-refractivity contribution in [2.75, 3.05) is 12.4 Å². The third-order valence-electron chi connectivity index (χ3n) is 3.29. The van der Waals surface area contributed by atoms with E-state index in [1.807, 2.05) is 4.90 Å². The summed E-state index contributed by atoms with van der Waals surface area (Å²) in [7, 11) is 0. The van der Waals surface area contributed by atoms with Crippen molar-refractivity contribution in [1.82, 2.24) is 9.88 Å². The average molecular weight is 257 g/mol. The van der Waals surface area contributed by atoms with Crippen molar-refractivity contribution < 1.29 is 9.21 Å². The molecule has 2 rings (SSSR count). The Hall–Kier alpha value is -1.03. The summed E-state index contributed by atoms with van der Waals surface area (Å²) in [6, 6.07) is 0.311. The highest BCUT2D eigenvalue weighted by molar-refractivity contribution is 6.18. The molecule has 1 amide bonds. The molecule has 94 valence electrons. The van der Waals surface area contributed by atoms with E-state index in [4.69, 9.17) is 16.0 Å². The van der Waals surface area contributed by atoms with Gasteiger partial charge in [-0.2, -0.15) is 0 Å². The van der Waals surface area contributed by atoms with Gasteiger partial charge >= 0.3 is 0 Å². The molecule has 0 bridgehead atoms. The molecule has 4 nitrogen and oxygen atoms in total. The van der Waals surface area contributed by atoms with E-state index in [1.165, 1.54) is 19.2 Å². The minimum Gasteiger partial charge on any atom is -0.438 e. The minimum atomic E-state index is -0.0763. The minimum absolute atomic E-state index is 0.0763. The van der Waals surface area contributed by atoms with Gasteiger partial charge < -0.3 is 9.32 Å². The topological polar surface area (TPSA) is 46.3 Å². The number of aryl methyl sites for hydroxylation is 1. The Morgan fingerprint density at radius 3 is 2.82 bits per heavy atom. The number of hydrogen-bond donors (Lipinski definition) is 0. The number of rotatable bonds is 4. The van der Waals surface area contributed by atoms with Crippen molar-refractivity contribution >= 4 is 17.5 Å². The molecule has 0 spiro atoms. The number of oxazole rings is 1. The molecule has 17 heavy (non-hydrogen) atoms. The van der Waals surface area contributed by atoms with Crippen LogP contribution in [-0.4, -0.2) is 34.3 Å². The van der Waals surface area contributed by atoms with E-state index in [1.54, 1.807) is 6.92 Å². The zero-order valence-electron chi connectivity index (χ0n) is 9.99. The Kier molecular flexibility index (Phi) is 4.05. The summed E-state index contributed by atoms with van der Waals surface area (Å²) in [5, 5.41) is 0. The molecule has 0 saturated heterocycles. The molecular weight excluding hydrogens is 240 g/mol. The summed E-state index contributed by atoms with van der Waals surface area (Å²) < 4.78 is 5.17. The number of hydrogen-bond acceptors (Lipinski definition) is 3. The van der Waals surface area contributed by atoms with Crippen LogP contribution in [0.5, 0.6) is 0 Å². The van der Waals surface area contributed by atoms with Gasteiger partial charge in [0.05, 0.1) is 5.69 Å². The number of halogens is 1. The molecule has 1 aromatic rings. The fraction of sp³-hybridized carbons (Fsp3) is 0.667. The molecule has 1 fully saturated rings. The monoisotopic (exact) mass is 256 g/mol. The normalized spacial score (nSPS) is 16.4. The fourth-order valence-electron chi connectivity index (χ4n) is 2.39. The van der Waals surface area contributed by atoms with Crippen LogP contribution in [0.15, 0.2) is 10.8 Å². The first-order valence-corrected chi connectivity index (χ1v) is 6.54. The van der Waals surface area contributed by atoms with Gasteiger partial charge in [-0.1, -0.05) is 12.8 Å². The second kappa shape index (κ2) is 5.54. The summed E-state index contributed by atoms with van der Waals surface area (Å²) in [5.41, 5.74) is 0.646. The largest absolute Gasteiger partial charge is 0.438 e. The Labute approximate surface area is 106 Å². The maximum absolute atomic E-state index is 12.3. The highest BCUT2D eigenvalue weighted by Gasteiger charge is 2.29. The summed E-state index contributed by atoms with van der Waals surface area (Å²) in [6.45, 7) is 2.36. The van der Waals surface area contributed by atoms with Crippen LogP contribution in [0.1, 0.15) is 41.9 Å². The van der Waals surface area contributed by atoms with Gasteiger partial charge in [-0.3, -0.25) is 4.79 Å². The SMILES string of the molecule is Cc1ncoc1C(=O)N(CCCl)C1CCCC1. The van der Waals surface area contributed by atoms with E-state index >= 15 is 0 Å². The van der Waals surface area contributed by atoms with Crippen molar-refractivity contribution in [1.29, 1.82) is 0 Å². The summed E-state index contributed by atoms with van der Waals surface area (Å²) in [4.78, 5) is 18.1. The van der Waals surface area contributed by atoms with Gasteiger partial charge in [-0.25, -0.2) is 4.98 Å². The second-order valence-electron chi connectivity index (χ2n) is 4.39. The van der Waals surface area contributed by atoms with E-state index in [-0.39, 0.29) is 5.91 Å². The number of nitrogens with zero attached hydrogens (tertiary/aromatic N) is 2. The zero-order chi connectivity index (χ0) is 12.3. The highest BCUT2D eigenvalue weighted by Crippen LogP contribution is 2.25. The van der Waals surface area contributed by atoms with Gasteiger partial charge in [0.25, 0.3) is 5.91 Å². The van der Waals surface area contributed by atoms with Crippen molar-refractivity contribution in [3.8, 4) is 0 Å². The summed E-state index contributed by atoms with van der Waals surface area (Å²) in [5.74, 6) is 0.727. The molecule has 1 aromatic heterocycles. The molecule has 1 saturated carbocycles. The molecule has 0 atom stereocenters. The van der Waals surface area contributed by atoms with Gasteiger partial charge in [0.15, 0.2) is 6.39 Å². The van der Waals surface area contributed by atoms with Crippen molar-refractivity contribution in [3.05, 3.63) is 17.8 Å². The van der Waals surface area contributed by atoms with E-state index in [2.05, 4.69) is 4.98 Å². The van der Waals surface area contributed by atoms with Crippen LogP contribution >= 0.6 is 11.6 Å². The van der Waals surface area contributed by atoms with Crippen LogP contribution in [-0.2, 0) is 0 Å². The van der Waals surface area contributed by atoms with Crippen LogP contribution in [0.3, 0.4) is 0 Å². The third-order valence-corrected chi connectivity index (χ3v) is 3.46. The van der Waals surface area contributed by atoms with E-state index in [0.29, 0.717) is 29.9 Å². The number of amides is 1. The van der Waals surface area contributed by atoms with E-state index in [0.717, 1.165) is 12.8 Å². The summed E-state index contributed by atoms with van der Waals surface area (Å²) in [6.07, 6.45) is 5.82. The number of aromatic nitrogens is 1. The molecule has 1 aliphatic carbocycles. The molecule has 5 heteroatoms. The lowest BCUT2D eigenvalue weighted by Crippen LogP contribution is -2.40. The molecule has 0 unspecified atom stereocenters. The first kappa shape index (κ1) is 12.4. The van der Waals surface area contributed by atoms with Crippen LogP contribution < -0.4 is 0 Å².